The van der Waals surface area contributed by atoms with Crippen molar-refractivity contribution >= 4 is 21.9 Å². The van der Waals surface area contributed by atoms with Crippen LogP contribution >= 0.6 is 0 Å². The van der Waals surface area contributed by atoms with Crippen LogP contribution in [-0.2, 0) is 11.1 Å². The molecule has 0 aromatic heterocycles. The van der Waals surface area contributed by atoms with Crippen molar-refractivity contribution in [3.8, 4) is 0 Å². The lowest BCUT2D eigenvalue weighted by molar-refractivity contribution is 0.321. The molecule has 0 radical (unpaired) electrons. The Bertz CT molecular complexity index is 542. The second kappa shape index (κ2) is 8.84. The van der Waals surface area contributed by atoms with Gasteiger partial charge in [0.2, 0.25) is 0 Å². The highest BCUT2D eigenvalue weighted by Crippen LogP contribution is 2.20. The minimum atomic E-state index is -1.90. The molecule has 110 valence electrons. The van der Waals surface area contributed by atoms with E-state index in [-0.39, 0.29) is 0 Å². The van der Waals surface area contributed by atoms with Gasteiger partial charge in [-0.25, -0.2) is 4.21 Å². The molecule has 4 heteroatoms. The minimum absolute atomic E-state index is 0.470. The lowest BCUT2D eigenvalue weighted by atomic mass is 10.1. The maximum absolute atomic E-state index is 10.9. The van der Waals surface area contributed by atoms with Crippen LogP contribution in [-0.4, -0.2) is 33.3 Å². The van der Waals surface area contributed by atoms with Crippen molar-refractivity contribution in [3.05, 3.63) is 42.5 Å². The van der Waals surface area contributed by atoms with Gasteiger partial charge in [-0.15, -0.1) is 0 Å². The molecular formula is C16H23NO2S. The Morgan fingerprint density at radius 1 is 0.950 bits per heavy atom. The molecule has 0 spiro atoms. The number of nitrogens with zero attached hydrogens (tertiary/aromatic N) is 1. The largest absolute Gasteiger partial charge is 0.304 e. The summed E-state index contributed by atoms with van der Waals surface area (Å²) >= 11 is -1.90. The first-order valence-corrected chi connectivity index (χ1v) is 8.05. The zero-order valence-electron chi connectivity index (χ0n) is 12.4. The van der Waals surface area contributed by atoms with Crippen LogP contribution in [0.25, 0.3) is 10.8 Å². The number of hydrogen-bond donors (Lipinski definition) is 1. The summed E-state index contributed by atoms with van der Waals surface area (Å²) in [7, 11) is 0. The molecule has 0 saturated heterocycles. The SMILES string of the molecule is CCN(CC)CC.O=S(O)c1cccc2ccccc12. The van der Waals surface area contributed by atoms with Crippen LogP contribution in [0.5, 0.6) is 0 Å². The Morgan fingerprint density at radius 2 is 1.50 bits per heavy atom. The maximum atomic E-state index is 10.9. The van der Waals surface area contributed by atoms with E-state index in [1.807, 2.05) is 30.3 Å². The molecule has 2 aromatic rings. The molecular weight excluding hydrogens is 270 g/mol. The van der Waals surface area contributed by atoms with Gasteiger partial charge in [0.15, 0.2) is 11.1 Å². The summed E-state index contributed by atoms with van der Waals surface area (Å²) < 4.78 is 19.9. The zero-order chi connectivity index (χ0) is 15.0. The number of rotatable bonds is 4. The molecule has 0 aliphatic heterocycles. The number of benzene rings is 2. The molecule has 0 heterocycles. The summed E-state index contributed by atoms with van der Waals surface area (Å²) in [6, 6.07) is 12.9. The van der Waals surface area contributed by atoms with Crippen LogP contribution in [0.2, 0.25) is 0 Å². The Morgan fingerprint density at radius 3 is 2.00 bits per heavy atom. The molecule has 1 unspecified atom stereocenters. The van der Waals surface area contributed by atoms with Gasteiger partial charge in [0.05, 0.1) is 4.90 Å². The third kappa shape index (κ3) is 4.71. The number of hydrogen-bond acceptors (Lipinski definition) is 2. The van der Waals surface area contributed by atoms with Crippen LogP contribution in [0.1, 0.15) is 20.8 Å². The van der Waals surface area contributed by atoms with E-state index in [4.69, 9.17) is 4.55 Å². The molecule has 0 saturated carbocycles. The first-order valence-electron chi connectivity index (χ1n) is 6.94. The van der Waals surface area contributed by atoms with Crippen molar-refractivity contribution in [1.29, 1.82) is 0 Å². The van der Waals surface area contributed by atoms with E-state index in [1.165, 1.54) is 19.6 Å². The van der Waals surface area contributed by atoms with Gasteiger partial charge in [0.1, 0.15) is 0 Å². The standard InChI is InChI=1S/C10H8O2S.C6H15N/c11-13(12)10-7-3-5-8-4-1-2-6-9(8)10;1-4-7(5-2)6-3/h1-7H,(H,11,12);4-6H2,1-3H3. The molecule has 2 rings (SSSR count). The van der Waals surface area contributed by atoms with Gasteiger partial charge in [0.25, 0.3) is 0 Å². The van der Waals surface area contributed by atoms with Crippen molar-refractivity contribution in [3.63, 3.8) is 0 Å². The smallest absolute Gasteiger partial charge is 0.187 e. The quantitative estimate of drug-likeness (QED) is 0.872. The first-order chi connectivity index (χ1) is 9.63. The van der Waals surface area contributed by atoms with E-state index in [0.717, 1.165) is 10.8 Å². The molecule has 0 aliphatic rings. The fourth-order valence-electron chi connectivity index (χ4n) is 2.02. The molecule has 2 aromatic carbocycles. The van der Waals surface area contributed by atoms with Crippen molar-refractivity contribution < 1.29 is 8.76 Å². The van der Waals surface area contributed by atoms with Crippen molar-refractivity contribution in [2.75, 3.05) is 19.6 Å². The molecule has 0 bridgehead atoms. The fraction of sp³-hybridized carbons (Fsp3) is 0.375. The zero-order valence-corrected chi connectivity index (χ0v) is 13.2. The Kier molecular flexibility index (Phi) is 7.44. The Balaban J connectivity index is 0.000000246. The maximum Gasteiger partial charge on any atom is 0.187 e. The number of fused-ring (bicyclic) bond motifs is 1. The van der Waals surface area contributed by atoms with Gasteiger partial charge < -0.3 is 9.45 Å². The van der Waals surface area contributed by atoms with Gasteiger partial charge in [0, 0.05) is 5.39 Å². The highest BCUT2D eigenvalue weighted by atomic mass is 32.2. The Hall–Kier alpha value is -1.23. The summed E-state index contributed by atoms with van der Waals surface area (Å²) in [5, 5.41) is 1.83. The summed E-state index contributed by atoms with van der Waals surface area (Å²) in [5.74, 6) is 0. The minimum Gasteiger partial charge on any atom is -0.304 e. The van der Waals surface area contributed by atoms with Gasteiger partial charge >= 0.3 is 0 Å². The normalized spacial score (nSPS) is 12.1. The lowest BCUT2D eigenvalue weighted by Crippen LogP contribution is -2.21. The average molecular weight is 293 g/mol. The molecule has 0 amide bonds. The molecule has 0 fully saturated rings. The highest BCUT2D eigenvalue weighted by molar-refractivity contribution is 7.79. The molecule has 1 atom stereocenters. The van der Waals surface area contributed by atoms with Crippen molar-refractivity contribution in [1.82, 2.24) is 4.90 Å². The van der Waals surface area contributed by atoms with E-state index in [1.54, 1.807) is 12.1 Å². The predicted octanol–water partition coefficient (Wildman–Crippen LogP) is 3.77. The summed E-state index contributed by atoms with van der Waals surface area (Å²) in [6.07, 6.45) is 0. The van der Waals surface area contributed by atoms with E-state index in [0.29, 0.717) is 4.90 Å². The predicted molar refractivity (Wildman–Crippen MR) is 86.4 cm³/mol. The topological polar surface area (TPSA) is 40.5 Å². The first kappa shape index (κ1) is 16.8. The van der Waals surface area contributed by atoms with Gasteiger partial charge in [-0.1, -0.05) is 57.2 Å². The van der Waals surface area contributed by atoms with Gasteiger partial charge in [-0.3, -0.25) is 0 Å². The third-order valence-corrected chi connectivity index (χ3v) is 4.01. The van der Waals surface area contributed by atoms with E-state index >= 15 is 0 Å². The van der Waals surface area contributed by atoms with Crippen LogP contribution in [0.3, 0.4) is 0 Å². The lowest BCUT2D eigenvalue weighted by Gasteiger charge is -2.13. The van der Waals surface area contributed by atoms with Crippen LogP contribution in [0.4, 0.5) is 0 Å². The molecule has 0 aliphatic carbocycles. The second-order valence-electron chi connectivity index (χ2n) is 4.35. The van der Waals surface area contributed by atoms with Crippen molar-refractivity contribution in [2.45, 2.75) is 25.7 Å². The van der Waals surface area contributed by atoms with Crippen molar-refractivity contribution in [2.24, 2.45) is 0 Å². The molecule has 20 heavy (non-hydrogen) atoms. The Labute approximate surface area is 123 Å². The molecule has 3 nitrogen and oxygen atoms in total. The molecule has 1 N–H and O–H groups in total. The van der Waals surface area contributed by atoms with Crippen LogP contribution in [0, 0.1) is 0 Å². The van der Waals surface area contributed by atoms with Gasteiger partial charge in [-0.2, -0.15) is 0 Å². The summed E-state index contributed by atoms with van der Waals surface area (Å²) in [6.45, 7) is 10.1. The summed E-state index contributed by atoms with van der Waals surface area (Å²) in [4.78, 5) is 2.85. The third-order valence-electron chi connectivity index (χ3n) is 3.28. The van der Waals surface area contributed by atoms with Gasteiger partial charge in [-0.05, 0) is 31.1 Å². The van der Waals surface area contributed by atoms with Crippen LogP contribution in [0.15, 0.2) is 47.4 Å². The monoisotopic (exact) mass is 293 g/mol. The van der Waals surface area contributed by atoms with E-state index in [2.05, 4.69) is 25.7 Å². The second-order valence-corrected chi connectivity index (χ2v) is 5.28. The van der Waals surface area contributed by atoms with Crippen LogP contribution < -0.4 is 0 Å². The van der Waals surface area contributed by atoms with E-state index < -0.39 is 11.1 Å². The average Bonchev–Trinajstić information content (AvgIpc) is 2.49. The summed E-state index contributed by atoms with van der Waals surface area (Å²) in [5.41, 5.74) is 0. The van der Waals surface area contributed by atoms with E-state index in [9.17, 15) is 4.21 Å². The highest BCUT2D eigenvalue weighted by Gasteiger charge is 2.03. The fourth-order valence-corrected chi connectivity index (χ4v) is 2.59.